The number of aryl methyl sites for hydroxylation is 1. The molecule has 2 N–H and O–H groups in total. The molecule has 1 aromatic carbocycles. The van der Waals surface area contributed by atoms with Gasteiger partial charge in [-0.1, -0.05) is 11.6 Å². The third-order valence-corrected chi connectivity index (χ3v) is 2.72. The van der Waals surface area contributed by atoms with E-state index < -0.39 is 5.97 Å². The molecule has 0 atom stereocenters. The van der Waals surface area contributed by atoms with Gasteiger partial charge < -0.3 is 14.9 Å². The fourth-order valence-corrected chi connectivity index (χ4v) is 1.93. The van der Waals surface area contributed by atoms with Gasteiger partial charge >= 0.3 is 5.97 Å². The Morgan fingerprint density at radius 3 is 2.69 bits per heavy atom. The lowest BCUT2D eigenvalue weighted by Gasteiger charge is -2.12. The highest BCUT2D eigenvalue weighted by Gasteiger charge is 2.15. The molecular formula is C11H13ClO4. The van der Waals surface area contributed by atoms with E-state index in [1.165, 1.54) is 13.2 Å². The highest BCUT2D eigenvalue weighted by atomic mass is 35.5. The topological polar surface area (TPSA) is 66.8 Å². The molecule has 0 aliphatic rings. The lowest BCUT2D eigenvalue weighted by atomic mass is 10.0. The largest absolute Gasteiger partial charge is 0.504 e. The molecule has 0 fully saturated rings. The maximum atomic E-state index is 10.5. The van der Waals surface area contributed by atoms with Crippen LogP contribution in [0.3, 0.4) is 0 Å². The van der Waals surface area contributed by atoms with Gasteiger partial charge in [0.25, 0.3) is 0 Å². The maximum absolute atomic E-state index is 10.5. The Morgan fingerprint density at radius 1 is 1.56 bits per heavy atom. The molecule has 0 heterocycles. The monoisotopic (exact) mass is 244 g/mol. The van der Waals surface area contributed by atoms with E-state index in [4.69, 9.17) is 21.4 Å². The number of carboxylic acids is 1. The average Bonchev–Trinajstić information content (AvgIpc) is 2.16. The summed E-state index contributed by atoms with van der Waals surface area (Å²) in [5.74, 6) is -0.737. The predicted molar refractivity (Wildman–Crippen MR) is 60.4 cm³/mol. The summed E-state index contributed by atoms with van der Waals surface area (Å²) in [6.07, 6.45) is 0.311. The quantitative estimate of drug-likeness (QED) is 0.853. The fraction of sp³-hybridized carbons (Fsp3) is 0.364. The minimum atomic E-state index is -0.887. The van der Waals surface area contributed by atoms with Gasteiger partial charge in [0.15, 0.2) is 11.5 Å². The molecule has 0 saturated heterocycles. The Hall–Kier alpha value is -1.42. The number of benzene rings is 1. The van der Waals surface area contributed by atoms with E-state index in [0.29, 0.717) is 12.0 Å². The molecule has 0 unspecified atom stereocenters. The summed E-state index contributed by atoms with van der Waals surface area (Å²) in [4.78, 5) is 10.5. The molecule has 0 aliphatic heterocycles. The number of aromatic hydroxyl groups is 1. The summed E-state index contributed by atoms with van der Waals surface area (Å²) in [5.41, 5.74) is 1.45. The van der Waals surface area contributed by atoms with Crippen LogP contribution < -0.4 is 4.74 Å². The zero-order valence-electron chi connectivity index (χ0n) is 9.08. The minimum absolute atomic E-state index is 0.00547. The number of carboxylic acid groups (broad SMARTS) is 1. The van der Waals surface area contributed by atoms with Crippen molar-refractivity contribution < 1.29 is 19.7 Å². The molecule has 5 heteroatoms. The number of halogens is 1. The zero-order chi connectivity index (χ0) is 12.3. The molecule has 0 bridgehead atoms. The summed E-state index contributed by atoms with van der Waals surface area (Å²) < 4.78 is 4.95. The van der Waals surface area contributed by atoms with Crippen LogP contribution in [0.25, 0.3) is 0 Å². The fourth-order valence-electron chi connectivity index (χ4n) is 1.51. The first kappa shape index (κ1) is 12.6. The first-order valence-corrected chi connectivity index (χ1v) is 5.12. The van der Waals surface area contributed by atoms with Gasteiger partial charge in [-0.2, -0.15) is 0 Å². The first-order chi connectivity index (χ1) is 7.47. The summed E-state index contributed by atoms with van der Waals surface area (Å²) >= 11 is 6.02. The van der Waals surface area contributed by atoms with Crippen LogP contribution in [0.5, 0.6) is 11.5 Å². The molecule has 0 radical (unpaired) electrons. The van der Waals surface area contributed by atoms with E-state index in [9.17, 15) is 9.90 Å². The zero-order valence-corrected chi connectivity index (χ0v) is 9.84. The summed E-state index contributed by atoms with van der Waals surface area (Å²) in [7, 11) is 1.40. The van der Waals surface area contributed by atoms with Gasteiger partial charge in [0, 0.05) is 6.42 Å². The second-order valence-corrected chi connectivity index (χ2v) is 3.81. The number of ether oxygens (including phenoxy) is 1. The molecular weight excluding hydrogens is 232 g/mol. The molecule has 1 aromatic rings. The number of phenolic OH excluding ortho intramolecular Hbond substituents is 1. The molecule has 88 valence electrons. The number of phenols is 1. The number of hydrogen-bond donors (Lipinski definition) is 2. The van der Waals surface area contributed by atoms with Crippen molar-refractivity contribution in [2.24, 2.45) is 0 Å². The Kier molecular flexibility index (Phi) is 4.01. The van der Waals surface area contributed by atoms with Crippen LogP contribution in [-0.4, -0.2) is 23.3 Å². The SMILES string of the molecule is COc1c(O)cc(C)c(CCC(=O)O)c1Cl. The van der Waals surface area contributed by atoms with Gasteiger partial charge in [-0.15, -0.1) is 0 Å². The van der Waals surface area contributed by atoms with Gasteiger partial charge in [0.05, 0.1) is 12.1 Å². The maximum Gasteiger partial charge on any atom is 0.303 e. The van der Waals surface area contributed by atoms with Crippen molar-refractivity contribution in [3.63, 3.8) is 0 Å². The van der Waals surface area contributed by atoms with E-state index in [2.05, 4.69) is 0 Å². The molecule has 4 nitrogen and oxygen atoms in total. The van der Waals surface area contributed by atoms with E-state index in [0.717, 1.165) is 5.56 Å². The van der Waals surface area contributed by atoms with Crippen LogP contribution in [0.15, 0.2) is 6.07 Å². The van der Waals surface area contributed by atoms with Crippen LogP contribution in [0, 0.1) is 6.92 Å². The number of carbonyl (C=O) groups is 1. The van der Waals surface area contributed by atoms with Crippen molar-refractivity contribution in [3.8, 4) is 11.5 Å². The van der Waals surface area contributed by atoms with E-state index in [-0.39, 0.29) is 22.9 Å². The molecule has 16 heavy (non-hydrogen) atoms. The predicted octanol–water partition coefficient (Wildman–Crippen LogP) is 2.38. The Bertz CT molecular complexity index is 415. The highest BCUT2D eigenvalue weighted by molar-refractivity contribution is 6.33. The molecule has 0 spiro atoms. The second-order valence-electron chi connectivity index (χ2n) is 3.43. The van der Waals surface area contributed by atoms with Crippen LogP contribution in [-0.2, 0) is 11.2 Å². The Morgan fingerprint density at radius 2 is 2.19 bits per heavy atom. The highest BCUT2D eigenvalue weighted by Crippen LogP contribution is 2.39. The molecule has 0 aromatic heterocycles. The van der Waals surface area contributed by atoms with Crippen molar-refractivity contribution in [2.45, 2.75) is 19.8 Å². The smallest absolute Gasteiger partial charge is 0.303 e. The third kappa shape index (κ3) is 2.58. The Balaban J connectivity index is 3.12. The minimum Gasteiger partial charge on any atom is -0.504 e. The van der Waals surface area contributed by atoms with Crippen molar-refractivity contribution in [1.29, 1.82) is 0 Å². The Labute approximate surface area is 98.4 Å². The van der Waals surface area contributed by atoms with Crippen LogP contribution in [0.4, 0.5) is 0 Å². The van der Waals surface area contributed by atoms with Crippen LogP contribution >= 0.6 is 11.6 Å². The standard InChI is InChI=1S/C11H13ClO4/c1-6-5-8(13)11(16-2)10(12)7(6)3-4-9(14)15/h5,13H,3-4H2,1-2H3,(H,14,15). The summed E-state index contributed by atoms with van der Waals surface area (Å²) in [6, 6.07) is 1.52. The van der Waals surface area contributed by atoms with Crippen molar-refractivity contribution >= 4 is 17.6 Å². The normalized spacial score (nSPS) is 10.2. The summed E-state index contributed by atoms with van der Waals surface area (Å²) in [6.45, 7) is 1.77. The van der Waals surface area contributed by atoms with Gasteiger partial charge in [-0.3, -0.25) is 4.79 Å². The van der Waals surface area contributed by atoms with Gasteiger partial charge in [-0.05, 0) is 30.5 Å². The summed E-state index contributed by atoms with van der Waals surface area (Å²) in [5, 5.41) is 18.4. The number of rotatable bonds is 4. The lowest BCUT2D eigenvalue weighted by Crippen LogP contribution is -2.01. The van der Waals surface area contributed by atoms with E-state index in [1.54, 1.807) is 6.92 Å². The van der Waals surface area contributed by atoms with Gasteiger partial charge in [0.1, 0.15) is 0 Å². The van der Waals surface area contributed by atoms with E-state index in [1.807, 2.05) is 0 Å². The molecule has 0 saturated carbocycles. The first-order valence-electron chi connectivity index (χ1n) is 4.74. The average molecular weight is 245 g/mol. The number of methoxy groups -OCH3 is 1. The van der Waals surface area contributed by atoms with Gasteiger partial charge in [0.2, 0.25) is 0 Å². The van der Waals surface area contributed by atoms with Crippen molar-refractivity contribution in [2.75, 3.05) is 7.11 Å². The molecule has 0 amide bonds. The lowest BCUT2D eigenvalue weighted by molar-refractivity contribution is -0.136. The molecule has 0 aliphatic carbocycles. The van der Waals surface area contributed by atoms with Gasteiger partial charge in [-0.25, -0.2) is 0 Å². The van der Waals surface area contributed by atoms with Crippen LogP contribution in [0.2, 0.25) is 5.02 Å². The molecule has 1 rings (SSSR count). The number of hydrogen-bond acceptors (Lipinski definition) is 3. The number of aliphatic carboxylic acids is 1. The second kappa shape index (κ2) is 5.07. The van der Waals surface area contributed by atoms with E-state index >= 15 is 0 Å². The van der Waals surface area contributed by atoms with Crippen molar-refractivity contribution in [3.05, 3.63) is 22.2 Å². The third-order valence-electron chi connectivity index (χ3n) is 2.32. The van der Waals surface area contributed by atoms with Crippen LogP contribution in [0.1, 0.15) is 17.5 Å². The van der Waals surface area contributed by atoms with Crippen molar-refractivity contribution in [1.82, 2.24) is 0 Å².